The number of carbonyl (C=O) groups is 1. The van der Waals surface area contributed by atoms with Gasteiger partial charge in [-0.3, -0.25) is 19.1 Å². The van der Waals surface area contributed by atoms with E-state index in [1.807, 2.05) is 6.07 Å². The standard InChI is InChI=1S/C31H30ClFN6O5/c1-15-18(6-5-7-21(15)34-28(41)27-30(42)37(2)31(43)38(3)36-27)25-20(33)10-9-19(26(25)32)22-12-16-8-11-23(39-13-17(40)14-39)24(16)29(35-22)44-4/h5-7,9-10,12,17,23,40H,8,11,13-14H2,1-4H3,(H,34,41). The zero-order valence-electron chi connectivity index (χ0n) is 24.5. The lowest BCUT2D eigenvalue weighted by Gasteiger charge is -2.40. The van der Waals surface area contributed by atoms with Crippen molar-refractivity contribution in [3.05, 3.63) is 90.5 Å². The molecular formula is C31H30ClFN6O5. The van der Waals surface area contributed by atoms with Crippen molar-refractivity contribution in [3.63, 3.8) is 0 Å². The van der Waals surface area contributed by atoms with E-state index in [0.717, 1.165) is 33.2 Å². The second kappa shape index (κ2) is 11.3. The Kier molecular flexibility index (Phi) is 7.60. The molecule has 0 radical (unpaired) electrons. The predicted octanol–water partition coefficient (Wildman–Crippen LogP) is 3.23. The molecule has 1 amide bonds. The summed E-state index contributed by atoms with van der Waals surface area (Å²) >= 11 is 6.92. The van der Waals surface area contributed by atoms with Crippen LogP contribution in [0.1, 0.15) is 39.6 Å². The minimum atomic E-state index is -0.841. The zero-order valence-corrected chi connectivity index (χ0v) is 25.3. The smallest absolute Gasteiger partial charge is 0.346 e. The Bertz CT molecular complexity index is 1950. The van der Waals surface area contributed by atoms with E-state index in [1.165, 1.54) is 20.2 Å². The summed E-state index contributed by atoms with van der Waals surface area (Å²) in [7, 11) is 4.16. The second-order valence-corrected chi connectivity index (χ2v) is 11.5. The first-order valence-corrected chi connectivity index (χ1v) is 14.4. The number of hydrogen-bond donors (Lipinski definition) is 2. The van der Waals surface area contributed by atoms with Gasteiger partial charge in [-0.1, -0.05) is 23.7 Å². The van der Waals surface area contributed by atoms with Gasteiger partial charge in [-0.15, -0.1) is 0 Å². The number of β-amino-alcohol motifs (C(OH)–C–C–N with tert-alkyl or cyclic N) is 1. The SMILES string of the molecule is COc1nc(-c2ccc(F)c(-c3cccc(NC(=O)c4nn(C)c(=O)n(C)c4=O)c3C)c2Cl)cc2c1C(N1CC(O)C1)CC2. The molecule has 1 unspecified atom stereocenters. The molecule has 1 saturated heterocycles. The molecule has 228 valence electrons. The van der Waals surface area contributed by atoms with Gasteiger partial charge in [0, 0.05) is 55.6 Å². The Morgan fingerprint density at radius 3 is 2.61 bits per heavy atom. The van der Waals surface area contributed by atoms with E-state index in [9.17, 15) is 19.5 Å². The summed E-state index contributed by atoms with van der Waals surface area (Å²) in [5, 5.41) is 16.4. The van der Waals surface area contributed by atoms with E-state index in [0.29, 0.717) is 47.0 Å². The summed E-state index contributed by atoms with van der Waals surface area (Å²) in [6.07, 6.45) is 1.37. The minimum absolute atomic E-state index is 0.112. The summed E-state index contributed by atoms with van der Waals surface area (Å²) < 4.78 is 22.9. The molecule has 4 aromatic rings. The number of rotatable bonds is 6. The van der Waals surface area contributed by atoms with E-state index >= 15 is 4.39 Å². The summed E-state index contributed by atoms with van der Waals surface area (Å²) in [6, 6.07) is 9.91. The number of methoxy groups -OCH3 is 1. The van der Waals surface area contributed by atoms with Crippen molar-refractivity contribution in [1.82, 2.24) is 24.2 Å². The highest BCUT2D eigenvalue weighted by Gasteiger charge is 2.38. The van der Waals surface area contributed by atoms with Gasteiger partial charge >= 0.3 is 5.69 Å². The number of aliphatic hydroxyl groups is 1. The summed E-state index contributed by atoms with van der Waals surface area (Å²) in [5.41, 5.74) is 2.52. The molecule has 1 aliphatic carbocycles. The van der Waals surface area contributed by atoms with Crippen LogP contribution in [0.2, 0.25) is 5.02 Å². The molecule has 1 atom stereocenters. The normalized spacial score (nSPS) is 16.5. The lowest BCUT2D eigenvalue weighted by Crippen LogP contribution is -2.51. The van der Waals surface area contributed by atoms with Crippen molar-refractivity contribution in [3.8, 4) is 28.3 Å². The maximum absolute atomic E-state index is 15.5. The number of nitrogens with one attached hydrogen (secondary N) is 1. The van der Waals surface area contributed by atoms with Crippen LogP contribution in [0.4, 0.5) is 10.1 Å². The molecule has 13 heteroatoms. The number of carbonyl (C=O) groups excluding carboxylic acids is 1. The Hall–Kier alpha value is -4.39. The fourth-order valence-electron chi connectivity index (χ4n) is 6.04. The van der Waals surface area contributed by atoms with Gasteiger partial charge in [0.1, 0.15) is 5.82 Å². The van der Waals surface area contributed by atoms with Crippen LogP contribution in [0.15, 0.2) is 46.0 Å². The lowest BCUT2D eigenvalue weighted by atomic mass is 9.95. The number of aryl methyl sites for hydroxylation is 2. The first-order chi connectivity index (χ1) is 21.0. The monoisotopic (exact) mass is 620 g/mol. The summed E-state index contributed by atoms with van der Waals surface area (Å²) in [6.45, 7) is 2.92. The van der Waals surface area contributed by atoms with Crippen LogP contribution in [0.3, 0.4) is 0 Å². The number of halogens is 2. The third-order valence-electron chi connectivity index (χ3n) is 8.41. The Labute approximate surface area is 256 Å². The first-order valence-electron chi connectivity index (χ1n) is 14.0. The Balaban J connectivity index is 1.37. The van der Waals surface area contributed by atoms with Gasteiger partial charge in [0.25, 0.3) is 11.5 Å². The molecule has 3 heterocycles. The third kappa shape index (κ3) is 4.88. The van der Waals surface area contributed by atoms with Gasteiger partial charge in [0.2, 0.25) is 11.6 Å². The van der Waals surface area contributed by atoms with E-state index in [-0.39, 0.29) is 22.7 Å². The highest BCUT2D eigenvalue weighted by molar-refractivity contribution is 6.36. The first kappa shape index (κ1) is 29.7. The maximum Gasteiger partial charge on any atom is 0.346 e. The second-order valence-electron chi connectivity index (χ2n) is 11.1. The lowest BCUT2D eigenvalue weighted by molar-refractivity contribution is -0.0256. The highest BCUT2D eigenvalue weighted by Crippen LogP contribution is 2.46. The van der Waals surface area contributed by atoms with Crippen LogP contribution in [0.5, 0.6) is 5.88 Å². The van der Waals surface area contributed by atoms with Gasteiger partial charge in [0.15, 0.2) is 0 Å². The van der Waals surface area contributed by atoms with Crippen molar-refractivity contribution in [1.29, 1.82) is 0 Å². The molecule has 2 N–H and O–H groups in total. The van der Waals surface area contributed by atoms with Crippen molar-refractivity contribution in [2.45, 2.75) is 31.9 Å². The van der Waals surface area contributed by atoms with Crippen molar-refractivity contribution in [2.24, 2.45) is 14.1 Å². The number of hydrogen-bond acceptors (Lipinski definition) is 8. The van der Waals surface area contributed by atoms with Gasteiger partial charge < -0.3 is 15.2 Å². The van der Waals surface area contributed by atoms with E-state index < -0.39 is 28.7 Å². The van der Waals surface area contributed by atoms with Crippen LogP contribution in [-0.2, 0) is 20.5 Å². The number of aliphatic hydroxyl groups excluding tert-OH is 1. The van der Waals surface area contributed by atoms with Crippen LogP contribution in [0.25, 0.3) is 22.4 Å². The number of likely N-dealkylation sites (tertiary alicyclic amines) is 1. The number of aromatic nitrogens is 4. The molecule has 1 fully saturated rings. The van der Waals surface area contributed by atoms with E-state index in [1.54, 1.807) is 38.3 Å². The molecule has 1 aliphatic heterocycles. The number of amides is 1. The molecule has 2 aliphatic rings. The zero-order chi connectivity index (χ0) is 31.4. The molecule has 2 aromatic heterocycles. The molecule has 0 spiro atoms. The molecule has 0 saturated carbocycles. The van der Waals surface area contributed by atoms with Crippen molar-refractivity contribution in [2.75, 3.05) is 25.5 Å². The topological polar surface area (TPSA) is 132 Å². The summed E-state index contributed by atoms with van der Waals surface area (Å²) in [5.74, 6) is -0.909. The van der Waals surface area contributed by atoms with Crippen LogP contribution < -0.4 is 21.3 Å². The molecule has 11 nitrogen and oxygen atoms in total. The van der Waals surface area contributed by atoms with Crippen LogP contribution in [-0.4, -0.2) is 61.5 Å². The number of pyridine rings is 1. The quantitative estimate of drug-likeness (QED) is 0.336. The van der Waals surface area contributed by atoms with Crippen molar-refractivity contribution < 1.29 is 19.0 Å². The number of fused-ring (bicyclic) bond motifs is 1. The number of benzene rings is 2. The number of anilines is 1. The molecule has 44 heavy (non-hydrogen) atoms. The average Bonchev–Trinajstić information content (AvgIpc) is 3.41. The highest BCUT2D eigenvalue weighted by atomic mass is 35.5. The van der Waals surface area contributed by atoms with Gasteiger partial charge in [-0.05, 0) is 60.7 Å². The van der Waals surface area contributed by atoms with Crippen LogP contribution in [0, 0.1) is 12.7 Å². The van der Waals surface area contributed by atoms with E-state index in [2.05, 4.69) is 15.3 Å². The predicted molar refractivity (Wildman–Crippen MR) is 163 cm³/mol. The molecule has 2 aromatic carbocycles. The van der Waals surface area contributed by atoms with Gasteiger partial charge in [-0.2, -0.15) is 5.10 Å². The largest absolute Gasteiger partial charge is 0.481 e. The molecule has 6 rings (SSSR count). The average molecular weight is 621 g/mol. The van der Waals surface area contributed by atoms with E-state index in [4.69, 9.17) is 21.3 Å². The number of ether oxygens (including phenoxy) is 1. The Morgan fingerprint density at radius 2 is 1.91 bits per heavy atom. The fourth-order valence-corrected chi connectivity index (χ4v) is 6.40. The molecular weight excluding hydrogens is 591 g/mol. The Morgan fingerprint density at radius 1 is 1.16 bits per heavy atom. The maximum atomic E-state index is 15.5. The van der Waals surface area contributed by atoms with Gasteiger partial charge in [-0.25, -0.2) is 18.9 Å². The van der Waals surface area contributed by atoms with Crippen LogP contribution >= 0.6 is 11.6 Å². The van der Waals surface area contributed by atoms with Gasteiger partial charge in [0.05, 0.1) is 23.9 Å². The summed E-state index contributed by atoms with van der Waals surface area (Å²) in [4.78, 5) is 44.6. The third-order valence-corrected chi connectivity index (χ3v) is 8.80. The van der Waals surface area contributed by atoms with Crippen molar-refractivity contribution >= 4 is 23.2 Å². The fraction of sp³-hybridized carbons (Fsp3) is 0.323. The minimum Gasteiger partial charge on any atom is -0.481 e. The molecule has 0 bridgehead atoms. The number of nitrogens with zero attached hydrogens (tertiary/aromatic N) is 5.